The van der Waals surface area contributed by atoms with Gasteiger partial charge in [0.25, 0.3) is 0 Å². The lowest BCUT2D eigenvalue weighted by molar-refractivity contribution is -0.123. The molecule has 3 heteroatoms. The average molecular weight is 341 g/mol. The van der Waals surface area contributed by atoms with Gasteiger partial charge in [-0.1, -0.05) is 31.9 Å². The molecule has 0 aromatic heterocycles. The SMILES string of the molecule is CCCC1CCC(C(=O)Cc2cccc(F)c2Br)CC1. The summed E-state index contributed by atoms with van der Waals surface area (Å²) in [6, 6.07) is 4.91. The third-order valence-electron chi connectivity index (χ3n) is 4.40. The second-order valence-corrected chi connectivity index (χ2v) is 6.66. The summed E-state index contributed by atoms with van der Waals surface area (Å²) in [5.74, 6) is 0.969. The maximum Gasteiger partial charge on any atom is 0.140 e. The van der Waals surface area contributed by atoms with Crippen molar-refractivity contribution in [3.05, 3.63) is 34.1 Å². The first-order valence-electron chi connectivity index (χ1n) is 7.57. The van der Waals surface area contributed by atoms with Gasteiger partial charge in [-0.15, -0.1) is 0 Å². The Bertz CT molecular complexity index is 464. The summed E-state index contributed by atoms with van der Waals surface area (Å²) in [6.45, 7) is 2.22. The van der Waals surface area contributed by atoms with Crippen LogP contribution in [0.4, 0.5) is 4.39 Å². The highest BCUT2D eigenvalue weighted by atomic mass is 79.9. The fraction of sp³-hybridized carbons (Fsp3) is 0.588. The third-order valence-corrected chi connectivity index (χ3v) is 5.28. The number of carbonyl (C=O) groups excluding carboxylic acids is 1. The second kappa shape index (κ2) is 7.35. The van der Waals surface area contributed by atoms with E-state index < -0.39 is 0 Å². The van der Waals surface area contributed by atoms with Crippen LogP contribution in [-0.2, 0) is 11.2 Å². The van der Waals surface area contributed by atoms with Crippen molar-refractivity contribution in [1.82, 2.24) is 0 Å². The van der Waals surface area contributed by atoms with Crippen molar-refractivity contribution in [3.63, 3.8) is 0 Å². The van der Waals surface area contributed by atoms with E-state index in [1.165, 1.54) is 31.7 Å². The molecule has 0 radical (unpaired) electrons. The molecule has 1 aliphatic carbocycles. The van der Waals surface area contributed by atoms with Gasteiger partial charge in [-0.2, -0.15) is 0 Å². The molecule has 20 heavy (non-hydrogen) atoms. The molecule has 1 saturated carbocycles. The standard InChI is InChI=1S/C17H22BrFO/c1-2-4-12-7-9-13(10-8-12)16(20)11-14-5-3-6-15(19)17(14)18/h3,5-6,12-13H,2,4,7-11H2,1H3. The average Bonchev–Trinajstić information content (AvgIpc) is 2.45. The van der Waals surface area contributed by atoms with E-state index in [1.54, 1.807) is 6.07 Å². The van der Waals surface area contributed by atoms with Crippen molar-refractivity contribution in [2.75, 3.05) is 0 Å². The van der Waals surface area contributed by atoms with E-state index in [9.17, 15) is 9.18 Å². The summed E-state index contributed by atoms with van der Waals surface area (Å²) >= 11 is 3.24. The molecule has 1 fully saturated rings. The molecule has 1 aromatic rings. The van der Waals surface area contributed by atoms with E-state index >= 15 is 0 Å². The normalized spacial score (nSPS) is 22.8. The number of ketones is 1. The lowest BCUT2D eigenvalue weighted by atomic mass is 9.77. The fourth-order valence-electron chi connectivity index (χ4n) is 3.20. The molecule has 1 nitrogen and oxygen atoms in total. The van der Waals surface area contributed by atoms with Crippen LogP contribution < -0.4 is 0 Å². The van der Waals surface area contributed by atoms with Crippen LogP contribution in [0.5, 0.6) is 0 Å². The molecule has 1 aromatic carbocycles. The summed E-state index contributed by atoms with van der Waals surface area (Å²) in [5, 5.41) is 0. The van der Waals surface area contributed by atoms with Gasteiger partial charge < -0.3 is 0 Å². The van der Waals surface area contributed by atoms with E-state index in [2.05, 4.69) is 22.9 Å². The minimum absolute atomic E-state index is 0.179. The van der Waals surface area contributed by atoms with Gasteiger partial charge in [0.1, 0.15) is 11.6 Å². The van der Waals surface area contributed by atoms with Crippen LogP contribution in [0.2, 0.25) is 0 Å². The Balaban J connectivity index is 1.91. The predicted octanol–water partition coefficient (Wildman–Crippen LogP) is 5.31. The monoisotopic (exact) mass is 340 g/mol. The van der Waals surface area contributed by atoms with Gasteiger partial charge in [-0.3, -0.25) is 4.79 Å². The van der Waals surface area contributed by atoms with Crippen molar-refractivity contribution < 1.29 is 9.18 Å². The Hall–Kier alpha value is -0.700. The topological polar surface area (TPSA) is 17.1 Å². The Labute approximate surface area is 129 Å². The summed E-state index contributed by atoms with van der Waals surface area (Å²) in [5.41, 5.74) is 0.769. The lowest BCUT2D eigenvalue weighted by Crippen LogP contribution is -2.23. The minimum atomic E-state index is -0.290. The predicted molar refractivity (Wildman–Crippen MR) is 83.2 cm³/mol. The van der Waals surface area contributed by atoms with Gasteiger partial charge in [0.2, 0.25) is 0 Å². The maximum absolute atomic E-state index is 13.4. The summed E-state index contributed by atoms with van der Waals surface area (Å²) in [7, 11) is 0. The molecule has 2 rings (SSSR count). The molecule has 1 aliphatic rings. The van der Waals surface area contributed by atoms with Gasteiger partial charge in [0.15, 0.2) is 0 Å². The number of hydrogen-bond acceptors (Lipinski definition) is 1. The molecule has 0 N–H and O–H groups in total. The second-order valence-electron chi connectivity index (χ2n) is 5.86. The molecule has 110 valence electrons. The van der Waals surface area contributed by atoms with Crippen LogP contribution >= 0.6 is 15.9 Å². The number of carbonyl (C=O) groups is 1. The number of rotatable bonds is 5. The number of Topliss-reactive ketones (excluding diaryl/α,β-unsaturated/α-hetero) is 1. The van der Waals surface area contributed by atoms with Crippen molar-refractivity contribution in [3.8, 4) is 0 Å². The van der Waals surface area contributed by atoms with Gasteiger partial charge in [-0.25, -0.2) is 4.39 Å². The van der Waals surface area contributed by atoms with Gasteiger partial charge in [0.05, 0.1) is 4.47 Å². The fourth-order valence-corrected chi connectivity index (χ4v) is 3.60. The molecule has 0 heterocycles. The van der Waals surface area contributed by atoms with Crippen molar-refractivity contribution in [1.29, 1.82) is 0 Å². The highest BCUT2D eigenvalue weighted by molar-refractivity contribution is 9.10. The molecule has 0 bridgehead atoms. The van der Waals surface area contributed by atoms with Crippen LogP contribution in [0.3, 0.4) is 0 Å². The molecule has 0 amide bonds. The zero-order valence-electron chi connectivity index (χ0n) is 12.0. The zero-order valence-corrected chi connectivity index (χ0v) is 13.6. The quantitative estimate of drug-likeness (QED) is 0.710. The van der Waals surface area contributed by atoms with Gasteiger partial charge in [0, 0.05) is 12.3 Å². The molecular weight excluding hydrogens is 319 g/mol. The van der Waals surface area contributed by atoms with E-state index in [4.69, 9.17) is 0 Å². The first-order chi connectivity index (χ1) is 9.61. The van der Waals surface area contributed by atoms with Crippen LogP contribution in [0.25, 0.3) is 0 Å². The Morgan fingerprint density at radius 2 is 2.00 bits per heavy atom. The summed E-state index contributed by atoms with van der Waals surface area (Å²) < 4.78 is 13.9. The Morgan fingerprint density at radius 1 is 1.30 bits per heavy atom. The first kappa shape index (κ1) is 15.7. The molecule has 0 saturated heterocycles. The minimum Gasteiger partial charge on any atom is -0.299 e. The van der Waals surface area contributed by atoms with Crippen LogP contribution in [0, 0.1) is 17.7 Å². The number of benzene rings is 1. The molecule has 0 atom stereocenters. The van der Waals surface area contributed by atoms with E-state index in [1.807, 2.05) is 6.07 Å². The van der Waals surface area contributed by atoms with E-state index in [0.29, 0.717) is 10.9 Å². The van der Waals surface area contributed by atoms with Crippen molar-refractivity contribution >= 4 is 21.7 Å². The molecule has 0 unspecified atom stereocenters. The largest absolute Gasteiger partial charge is 0.299 e. The van der Waals surface area contributed by atoms with Gasteiger partial charge >= 0.3 is 0 Å². The molecule has 0 spiro atoms. The highest BCUT2D eigenvalue weighted by Crippen LogP contribution is 2.33. The third kappa shape index (κ3) is 3.91. The molecule has 0 aliphatic heterocycles. The highest BCUT2D eigenvalue weighted by Gasteiger charge is 2.26. The Kier molecular flexibility index (Phi) is 5.76. The smallest absolute Gasteiger partial charge is 0.140 e. The Morgan fingerprint density at radius 3 is 2.65 bits per heavy atom. The summed E-state index contributed by atoms with van der Waals surface area (Å²) in [6.07, 6.45) is 7.24. The van der Waals surface area contributed by atoms with Gasteiger partial charge in [-0.05, 0) is 59.2 Å². The van der Waals surface area contributed by atoms with Crippen molar-refractivity contribution in [2.45, 2.75) is 51.9 Å². The van der Waals surface area contributed by atoms with E-state index in [-0.39, 0.29) is 17.5 Å². The zero-order chi connectivity index (χ0) is 14.5. The lowest BCUT2D eigenvalue weighted by Gasteiger charge is -2.27. The van der Waals surface area contributed by atoms with Crippen LogP contribution in [0.15, 0.2) is 22.7 Å². The molecular formula is C17H22BrFO. The van der Waals surface area contributed by atoms with Crippen LogP contribution in [0.1, 0.15) is 51.0 Å². The summed E-state index contributed by atoms with van der Waals surface area (Å²) in [4.78, 5) is 12.4. The van der Waals surface area contributed by atoms with Crippen molar-refractivity contribution in [2.24, 2.45) is 11.8 Å². The van der Waals surface area contributed by atoms with E-state index in [0.717, 1.165) is 24.3 Å². The number of hydrogen-bond donors (Lipinski definition) is 0. The first-order valence-corrected chi connectivity index (χ1v) is 8.36. The maximum atomic E-state index is 13.4. The van der Waals surface area contributed by atoms with Crippen LogP contribution in [-0.4, -0.2) is 5.78 Å². The number of halogens is 2.